The Bertz CT molecular complexity index is 7240. The van der Waals surface area contributed by atoms with Gasteiger partial charge in [-0.05, 0) is 343 Å². The van der Waals surface area contributed by atoms with Crippen LogP contribution in [-0.2, 0) is 37.3 Å². The SMILES string of the molecule is CC(C)(c1ccc(Oc2ccc(CO)c(CO)c2)cc1)c1ccc(Oc2ccc(CO)c(CO)c2)cc1.CC(C)[Si](C#Cc1c2cc3ccccc3cc2c(C#C[Si](C(C)C)(C(C)C)C(C)C)c2cc3cc(Oc4ccc(C(C)(C)c5ccc(Oc6ccc7cc8c(C#C[Si](C(C)C)(C(C)C)C(C)C)c9cc%10ccccc%10cc9c(C#C[Si](C(C)C)(C(C)C)C(C)C)c8cc7c6)cc5)cc4)ccc3cc12)(C(C)C)C(C)C. The van der Waals surface area contributed by atoms with Gasteiger partial charge in [-0.3, -0.25) is 0 Å². The zero-order valence-corrected chi connectivity index (χ0v) is 95.6. The summed E-state index contributed by atoms with van der Waals surface area (Å²) >= 11 is 0. The minimum Gasteiger partial charge on any atom is -0.457 e. The van der Waals surface area contributed by atoms with Gasteiger partial charge in [-0.25, -0.2) is 0 Å². The first-order valence-electron chi connectivity index (χ1n) is 53.1. The summed E-state index contributed by atoms with van der Waals surface area (Å²) in [6, 6.07) is 93.6. The average molecular weight is 2000 g/mol. The lowest BCUT2D eigenvalue weighted by Gasteiger charge is -2.38. The molecule has 752 valence electrons. The van der Waals surface area contributed by atoms with Crippen molar-refractivity contribution in [3.8, 4) is 91.9 Å². The number of aliphatic hydroxyl groups is 4. The van der Waals surface area contributed by atoms with Gasteiger partial charge in [0.2, 0.25) is 0 Å². The number of aliphatic hydroxyl groups excluding tert-OH is 4. The molecule has 0 bridgehead atoms. The molecule has 0 atom stereocenters. The molecule has 0 spiro atoms. The van der Waals surface area contributed by atoms with Gasteiger partial charge in [0.15, 0.2) is 0 Å². The second-order valence-electron chi connectivity index (χ2n) is 45.6. The summed E-state index contributed by atoms with van der Waals surface area (Å²) < 4.78 is 25.6. The maximum Gasteiger partial charge on any atom is 0.146 e. The summed E-state index contributed by atoms with van der Waals surface area (Å²) in [4.78, 5) is 0. The third-order valence-corrected chi connectivity index (χ3v) is 58.3. The largest absolute Gasteiger partial charge is 0.457 e. The fourth-order valence-electron chi connectivity index (χ4n) is 24.9. The Morgan fingerprint density at radius 2 is 0.370 bits per heavy atom. The Morgan fingerprint density at radius 3 is 0.562 bits per heavy atom. The molecule has 4 N–H and O–H groups in total. The highest BCUT2D eigenvalue weighted by Gasteiger charge is 2.46. The first-order chi connectivity index (χ1) is 69.5. The van der Waals surface area contributed by atoms with Crippen molar-refractivity contribution in [2.45, 2.75) is 298 Å². The van der Waals surface area contributed by atoms with E-state index in [4.69, 9.17) is 18.9 Å². The van der Waals surface area contributed by atoms with Crippen LogP contribution < -0.4 is 18.9 Å². The molecule has 0 saturated heterocycles. The van der Waals surface area contributed by atoms with E-state index < -0.39 is 32.3 Å². The van der Waals surface area contributed by atoms with E-state index >= 15 is 0 Å². The van der Waals surface area contributed by atoms with Crippen molar-refractivity contribution in [2.75, 3.05) is 0 Å². The molecule has 0 aromatic heterocycles. The molecule has 0 aliphatic rings. The van der Waals surface area contributed by atoms with Crippen molar-refractivity contribution >= 4 is 118 Å². The van der Waals surface area contributed by atoms with Gasteiger partial charge in [-0.1, -0.05) is 339 Å². The Labute approximate surface area is 874 Å². The number of rotatable bonds is 28. The van der Waals surface area contributed by atoms with Crippen LogP contribution >= 0.6 is 0 Å². The van der Waals surface area contributed by atoms with Gasteiger partial charge in [0.25, 0.3) is 0 Å². The van der Waals surface area contributed by atoms with E-state index in [1.807, 2.05) is 48.5 Å². The van der Waals surface area contributed by atoms with E-state index in [-0.39, 0.29) is 37.3 Å². The van der Waals surface area contributed by atoms with Crippen LogP contribution in [0.5, 0.6) is 46.0 Å². The maximum atomic E-state index is 9.51. The minimum atomic E-state index is -2.15. The van der Waals surface area contributed by atoms with Crippen LogP contribution in [0, 0.1) is 45.9 Å². The molecule has 0 radical (unpaired) electrons. The van der Waals surface area contributed by atoms with Crippen molar-refractivity contribution in [3.05, 3.63) is 334 Å². The predicted octanol–water partition coefficient (Wildman–Crippen LogP) is 36.7. The van der Waals surface area contributed by atoms with E-state index in [2.05, 4.69) is 422 Å². The van der Waals surface area contributed by atoms with Gasteiger partial charge in [-0.15, -0.1) is 22.2 Å². The van der Waals surface area contributed by atoms with Crippen molar-refractivity contribution in [3.63, 3.8) is 0 Å². The van der Waals surface area contributed by atoms with E-state index in [1.54, 1.807) is 36.4 Å². The van der Waals surface area contributed by atoms with Gasteiger partial charge in [0, 0.05) is 33.1 Å². The van der Waals surface area contributed by atoms with E-state index in [0.29, 0.717) is 112 Å². The summed E-state index contributed by atoms with van der Waals surface area (Å²) in [5.41, 5.74) is 33.9. The smallest absolute Gasteiger partial charge is 0.146 e. The Morgan fingerprint density at radius 1 is 0.199 bits per heavy atom. The topological polar surface area (TPSA) is 118 Å². The third kappa shape index (κ3) is 21.2. The zero-order valence-electron chi connectivity index (χ0n) is 91.6. The molecule has 0 amide bonds. The lowest BCUT2D eigenvalue weighted by Crippen LogP contribution is -2.43. The Kier molecular flexibility index (Phi) is 32.9. The lowest BCUT2D eigenvalue weighted by molar-refractivity contribution is 0.259. The summed E-state index contributed by atoms with van der Waals surface area (Å²) in [6.45, 7) is 66.2. The first-order valence-corrected chi connectivity index (χ1v) is 62.1. The molecule has 0 saturated carbocycles. The van der Waals surface area contributed by atoms with Gasteiger partial charge < -0.3 is 39.4 Å². The average Bonchev–Trinajstić information content (AvgIpc) is 0.727. The van der Waals surface area contributed by atoms with Crippen LogP contribution in [-0.4, -0.2) is 52.7 Å². The van der Waals surface area contributed by atoms with Crippen molar-refractivity contribution < 1.29 is 39.4 Å². The second kappa shape index (κ2) is 44.4. The van der Waals surface area contributed by atoms with Crippen LogP contribution in [0.2, 0.25) is 66.5 Å². The van der Waals surface area contributed by atoms with Crippen LogP contribution in [0.4, 0.5) is 0 Å². The molecule has 0 unspecified atom stereocenters. The number of hydrogen-bond donors (Lipinski definition) is 4. The monoisotopic (exact) mass is 2000 g/mol. The molecule has 0 aliphatic heterocycles. The Hall–Kier alpha value is -12.3. The lowest BCUT2D eigenvalue weighted by atomic mass is 9.78. The molecule has 8 nitrogen and oxygen atoms in total. The quantitative estimate of drug-likeness (QED) is 0.0218. The highest BCUT2D eigenvalue weighted by Crippen LogP contribution is 2.50. The molecule has 12 heteroatoms. The molecule has 16 rings (SSSR count). The molecule has 146 heavy (non-hydrogen) atoms. The number of fused-ring (bicyclic) bond motifs is 8. The predicted molar refractivity (Wildman–Crippen MR) is 632 cm³/mol. The first kappa shape index (κ1) is 108. The highest BCUT2D eigenvalue weighted by atomic mass is 28.3. The van der Waals surface area contributed by atoms with Gasteiger partial charge >= 0.3 is 0 Å². The van der Waals surface area contributed by atoms with E-state index in [9.17, 15) is 20.4 Å². The fourth-order valence-corrected chi connectivity index (χ4v) is 45.7. The van der Waals surface area contributed by atoms with Crippen LogP contribution in [0.1, 0.15) is 261 Å². The van der Waals surface area contributed by atoms with Crippen molar-refractivity contribution in [1.82, 2.24) is 0 Å². The third-order valence-electron chi connectivity index (χ3n) is 33.2. The van der Waals surface area contributed by atoms with E-state index in [1.165, 1.54) is 65.0 Å². The van der Waals surface area contributed by atoms with Crippen molar-refractivity contribution in [2.24, 2.45) is 0 Å². The summed E-state index contributed by atoms with van der Waals surface area (Å²) in [5.74, 6) is 22.0. The molecule has 0 heterocycles. The highest BCUT2D eigenvalue weighted by molar-refractivity contribution is 6.92. The van der Waals surface area contributed by atoms with Gasteiger partial charge in [0.1, 0.15) is 78.3 Å². The summed E-state index contributed by atoms with van der Waals surface area (Å²) in [7, 11) is -8.55. The number of ether oxygens (including phenoxy) is 4. The molecule has 16 aromatic carbocycles. The minimum absolute atomic E-state index is 0.130. The zero-order chi connectivity index (χ0) is 105. The molecule has 0 aliphatic carbocycles. The Balaban J connectivity index is 0.000000361. The van der Waals surface area contributed by atoms with Crippen LogP contribution in [0.25, 0.3) is 86.2 Å². The molecule has 0 fully saturated rings. The normalized spacial score (nSPS) is 12.5. The molecular weight excluding hydrogens is 1850 g/mol. The van der Waals surface area contributed by atoms with Gasteiger partial charge in [-0.2, -0.15) is 0 Å². The van der Waals surface area contributed by atoms with E-state index in [0.717, 1.165) is 88.7 Å². The van der Waals surface area contributed by atoms with Crippen molar-refractivity contribution in [1.29, 1.82) is 0 Å². The van der Waals surface area contributed by atoms with Crippen LogP contribution in [0.3, 0.4) is 0 Å². The van der Waals surface area contributed by atoms with Crippen LogP contribution in [0.15, 0.2) is 267 Å². The second-order valence-corrected chi connectivity index (χ2v) is 68.0. The molecule has 16 aromatic rings. The fraction of sp³-hybridized carbons (Fsp3) is 0.343. The maximum absolute atomic E-state index is 9.51. The summed E-state index contributed by atoms with van der Waals surface area (Å²) in [6.07, 6.45) is 0. The standard InChI is InChI=1S/C103H120O2Si4.C31H32O6/c1-65(2)106(66(3)4,67(5)6)51-47-91-95-57-77-31-27-29-33-79(77)59-97(95)93(49-53-108(71(13)14,72(15)16)73(17)18)101-63-83-55-89(41-35-81(83)61-99(91)101)104-87-43-37-85(38-44-87)103(25,26)86-39-45-88(46-40-86)105-90-42-36-82-62-100-92(48-52-107(68(7)8,69(9)10)70(11)12)96-58-78-32-28-30-34-80(78)60-98(96)94(102(100)64-84(82)56-90)50-54-109(74(19)20,75(21)22)76(23)24;1-31(2,25-5-11-27(12-6-25)36-29-9-3-21(17-32)23(15-29)19-34)26-7-13-28(14-8-26)37-30-10-4-22(18-33)24(16-30)20-35/h27-46,55-76H,1-26H3;3-16,32-35H,17-20H2,1-2H3. The van der Waals surface area contributed by atoms with Gasteiger partial charge in [0.05, 0.1) is 26.4 Å². The molecular formula is C134H152O8Si4. The number of benzene rings is 16. The number of hydrogen-bond acceptors (Lipinski definition) is 8. The summed E-state index contributed by atoms with van der Waals surface area (Å²) in [5, 5.41) is 56.6.